The number of amides is 4. The zero-order chi connectivity index (χ0) is 78.4. The van der Waals surface area contributed by atoms with E-state index in [1.54, 1.807) is 41.5 Å². The van der Waals surface area contributed by atoms with Crippen molar-refractivity contribution in [2.75, 3.05) is 26.3 Å². The molecule has 23 nitrogen and oxygen atoms in total. The predicted octanol–water partition coefficient (Wildman–Crippen LogP) is 13.9. The Morgan fingerprint density at radius 3 is 1.35 bits per heavy atom. The van der Waals surface area contributed by atoms with Crippen LogP contribution in [0, 0.1) is 34.5 Å². The number of aldehydes is 1. The number of carbonyl (C=O) groups excluding carboxylic acids is 10. The summed E-state index contributed by atoms with van der Waals surface area (Å²) in [5, 5.41) is 10.2. The number of halogens is 6. The Morgan fingerprint density at radius 2 is 0.971 bits per heavy atom. The van der Waals surface area contributed by atoms with Crippen LogP contribution >= 0.6 is 69.6 Å². The van der Waals surface area contributed by atoms with Crippen LogP contribution in [0.25, 0.3) is 34.0 Å². The molecule has 0 saturated carbocycles. The minimum absolute atomic E-state index is 0.0485. The third-order valence-corrected chi connectivity index (χ3v) is 17.3. The van der Waals surface area contributed by atoms with Crippen molar-refractivity contribution in [1.82, 2.24) is 41.5 Å². The quantitative estimate of drug-likeness (QED) is 0.0196. The van der Waals surface area contributed by atoms with Crippen molar-refractivity contribution >= 4 is 163 Å². The number of nitrogens with one attached hydrogen (secondary N) is 4. The fraction of sp³-hybridized carbons (Fsp3) is 0.573. The van der Waals surface area contributed by atoms with Gasteiger partial charge in [0.1, 0.15) is 61.5 Å². The maximum atomic E-state index is 13.4. The molecule has 2 aliphatic heterocycles. The molecule has 0 aliphatic carbocycles. The first kappa shape index (κ1) is 89.7. The third kappa shape index (κ3) is 31.8. The van der Waals surface area contributed by atoms with Gasteiger partial charge < -0.3 is 39.1 Å². The highest BCUT2D eigenvalue weighted by molar-refractivity contribution is 6.68. The number of hydrazine groups is 2. The van der Waals surface area contributed by atoms with Crippen LogP contribution in [0.4, 0.5) is 0 Å². The van der Waals surface area contributed by atoms with E-state index in [2.05, 4.69) is 52.5 Å². The highest BCUT2D eigenvalue weighted by Gasteiger charge is 2.37. The molecule has 29 heteroatoms. The van der Waals surface area contributed by atoms with Crippen LogP contribution in [-0.2, 0) is 71.6 Å². The molecule has 0 radical (unpaired) electrons. The topological polar surface area (TPSA) is 297 Å². The molecule has 0 bridgehead atoms. The molecule has 0 unspecified atom stereocenters. The lowest BCUT2D eigenvalue weighted by Gasteiger charge is -2.35. The summed E-state index contributed by atoms with van der Waals surface area (Å²) in [5.41, 5.74) is 9.31. The van der Waals surface area contributed by atoms with Crippen molar-refractivity contribution in [3.05, 3.63) is 95.3 Å². The Bertz CT molecular complexity index is 3700. The number of ether oxygens (including phenoxy) is 5. The lowest BCUT2D eigenvalue weighted by molar-refractivity contribution is -0.158. The van der Waals surface area contributed by atoms with Gasteiger partial charge in [0.15, 0.2) is 0 Å². The van der Waals surface area contributed by atoms with Crippen LogP contribution in [0.3, 0.4) is 0 Å². The number of esters is 5. The average molecular weight is 1570 g/mol. The van der Waals surface area contributed by atoms with Gasteiger partial charge in [-0.2, -0.15) is 0 Å². The first-order valence-electron chi connectivity index (χ1n) is 34.6. The monoisotopic (exact) mass is 1560 g/mol. The molecule has 4 amide bonds. The second kappa shape index (κ2) is 40.3. The van der Waals surface area contributed by atoms with Crippen LogP contribution in [0.15, 0.2) is 72.8 Å². The number of rotatable bonds is 26. The van der Waals surface area contributed by atoms with Gasteiger partial charge in [-0.3, -0.25) is 53.2 Å². The third-order valence-electron chi connectivity index (χ3n) is 16.6. The Hall–Kier alpha value is -6.70. The second-order valence-electron chi connectivity index (χ2n) is 29.0. The van der Waals surface area contributed by atoms with Gasteiger partial charge in [-0.15, -0.1) is 0 Å². The van der Waals surface area contributed by atoms with Crippen LogP contribution in [0.2, 0.25) is 0 Å². The molecule has 2 fully saturated rings. The molecule has 2 aromatic carbocycles. The van der Waals surface area contributed by atoms with Crippen LogP contribution in [-0.4, -0.2) is 143 Å². The normalized spacial score (nSPS) is 17.1. The molecule has 2 aliphatic rings. The molecule has 4 aromatic rings. The zero-order valence-corrected chi connectivity index (χ0v) is 66.9. The van der Waals surface area contributed by atoms with Crippen molar-refractivity contribution in [1.29, 1.82) is 0 Å². The Balaban J connectivity index is 0.000000354. The molecule has 104 heavy (non-hydrogen) atoms. The summed E-state index contributed by atoms with van der Waals surface area (Å²) in [4.78, 5) is 132. The number of benzene rings is 2. The van der Waals surface area contributed by atoms with Crippen LogP contribution in [0.5, 0.6) is 0 Å². The SMILES string of the molecule is CC(=O)O[C@H](C)c1ccc2ccc(/C=C/C(C)(C)C=O)cc2n1.CC(=O)O[C@H](C)c1ccc2ccc(/C=C/C(C)(C)CC[C@H](C(=O)N[C@@H](C)C(=O)N3CCC[C@@H](C(=O)OCC(Cl)(Cl)Cl)N3)C(C)C)cc2n1.CC(C)[C@H](CC(=O)OC(C)(C)C)C(=O)N[C@@H](C)C(=O)N1CCC[C@@H](C(=O)OCC(Cl)(Cl)Cl)N1. The molecule has 6 rings (SSSR count). The van der Waals surface area contributed by atoms with Gasteiger partial charge >= 0.3 is 29.8 Å². The molecule has 2 saturated heterocycles. The Kier molecular flexibility index (Phi) is 34.8. The van der Waals surface area contributed by atoms with E-state index in [4.69, 9.17) is 98.3 Å². The van der Waals surface area contributed by atoms with Gasteiger partial charge in [-0.1, -0.05) is 172 Å². The molecular formula is C75H102Cl6N8O15. The minimum Gasteiger partial charge on any atom is -0.460 e. The summed E-state index contributed by atoms with van der Waals surface area (Å²) in [6.45, 7) is 30.3. The summed E-state index contributed by atoms with van der Waals surface area (Å²) in [5.74, 6) is -4.90. The fourth-order valence-corrected chi connectivity index (χ4v) is 11.1. The van der Waals surface area contributed by atoms with Gasteiger partial charge in [-0.05, 0) is 153 Å². The highest BCUT2D eigenvalue weighted by atomic mass is 35.6. The summed E-state index contributed by atoms with van der Waals surface area (Å²) in [7, 11) is 0. The number of carbonyl (C=O) groups is 10. The van der Waals surface area contributed by atoms with E-state index in [0.717, 1.165) is 45.6 Å². The smallest absolute Gasteiger partial charge is 0.325 e. The summed E-state index contributed by atoms with van der Waals surface area (Å²) >= 11 is 33.8. The number of allylic oxidation sites excluding steroid dienone is 2. The number of pyridine rings is 2. The fourth-order valence-electron chi connectivity index (χ4n) is 10.8. The largest absolute Gasteiger partial charge is 0.460 e. The van der Waals surface area contributed by atoms with Crippen molar-refractivity contribution in [3.8, 4) is 0 Å². The van der Waals surface area contributed by atoms with E-state index in [1.807, 2.05) is 114 Å². The van der Waals surface area contributed by atoms with E-state index in [9.17, 15) is 47.9 Å². The average Bonchev–Trinajstić information content (AvgIpc) is 0.828. The summed E-state index contributed by atoms with van der Waals surface area (Å²) in [6, 6.07) is 16.4. The molecular weight excluding hydrogens is 1470 g/mol. The van der Waals surface area contributed by atoms with Crippen molar-refractivity contribution in [3.63, 3.8) is 0 Å². The first-order chi connectivity index (χ1) is 48.1. The summed E-state index contributed by atoms with van der Waals surface area (Å²) < 4.78 is 22.4. The van der Waals surface area contributed by atoms with Gasteiger partial charge in [0.2, 0.25) is 19.4 Å². The van der Waals surface area contributed by atoms with Crippen LogP contribution < -0.4 is 21.5 Å². The number of hydrogen-bond donors (Lipinski definition) is 4. The Labute approximate surface area is 640 Å². The highest BCUT2D eigenvalue weighted by Crippen LogP contribution is 2.33. The number of nitrogens with zero attached hydrogens (tertiary/aromatic N) is 4. The standard InChI is InChI=1S/C35H47Cl3N4O6.C21H34Cl3N3O6.C19H21NO3/c1-21(2)27(31(44)39-22(3)32(45)42-18-8-9-29(41-42)33(46)47-20-35(36,37)38)15-17-34(6,7)16-14-25-10-11-26-12-13-28(40-30(26)19-25)23(4)48-24(5)43;1-12(2)14(10-16(28)33-20(4,5)6)17(29)25-13(3)18(30)27-9-7-8-15(26-27)19(31)32-11-21(22,23)24;1-13(23-14(2)22)17-8-7-16-6-5-15(11-18(16)20-17)9-10-19(3,4)12-21/h10-14,16,19,21-23,27,29,41H,8-9,15,17-18,20H2,1-7H3,(H,39,44);12-15,26H,7-11H2,1-6H3,(H,25,29);5-13H,1-4H3/b16-14+;;10-9+/t22-,23+,27-,29-;13-,14-,15-;13-/m001/s1. The van der Waals surface area contributed by atoms with E-state index in [-0.39, 0.29) is 59.4 Å². The number of aromatic nitrogens is 2. The number of alkyl halides is 6. The lowest BCUT2D eigenvalue weighted by atomic mass is 9.80. The van der Waals surface area contributed by atoms with Gasteiger partial charge in [0, 0.05) is 49.0 Å². The van der Waals surface area contributed by atoms with E-state index < -0.39 is 97.7 Å². The van der Waals surface area contributed by atoms with E-state index in [0.29, 0.717) is 56.6 Å². The van der Waals surface area contributed by atoms with Gasteiger partial charge in [0.05, 0.1) is 34.8 Å². The molecule has 0 spiro atoms. The lowest BCUT2D eigenvalue weighted by Crippen LogP contribution is -2.60. The molecule has 4 heterocycles. The molecule has 574 valence electrons. The number of hydrogen-bond acceptors (Lipinski definition) is 19. The predicted molar refractivity (Wildman–Crippen MR) is 405 cm³/mol. The van der Waals surface area contributed by atoms with Crippen molar-refractivity contribution < 1.29 is 71.6 Å². The number of fused-ring (bicyclic) bond motifs is 2. The molecule has 4 N–H and O–H groups in total. The Morgan fingerprint density at radius 1 is 0.577 bits per heavy atom. The van der Waals surface area contributed by atoms with Gasteiger partial charge in [0.25, 0.3) is 11.8 Å². The van der Waals surface area contributed by atoms with E-state index in [1.165, 1.54) is 30.8 Å². The van der Waals surface area contributed by atoms with Crippen molar-refractivity contribution in [2.24, 2.45) is 34.5 Å². The van der Waals surface area contributed by atoms with Crippen LogP contribution in [0.1, 0.15) is 197 Å². The maximum absolute atomic E-state index is 13.4. The van der Waals surface area contributed by atoms with Crippen molar-refractivity contribution in [2.45, 2.75) is 212 Å². The summed E-state index contributed by atoms with van der Waals surface area (Å²) in [6.07, 6.45) is 11.3. The molecule has 8 atom stereocenters. The second-order valence-corrected chi connectivity index (χ2v) is 34.1. The zero-order valence-electron chi connectivity index (χ0n) is 62.4. The molecule has 2 aromatic heterocycles. The minimum atomic E-state index is -1.73. The first-order valence-corrected chi connectivity index (χ1v) is 36.9. The van der Waals surface area contributed by atoms with Gasteiger partial charge in [-0.25, -0.2) is 20.8 Å². The van der Waals surface area contributed by atoms with E-state index >= 15 is 0 Å². The maximum Gasteiger partial charge on any atom is 0.325 e.